The lowest BCUT2D eigenvalue weighted by Crippen LogP contribution is -2.23. The van der Waals surface area contributed by atoms with Crippen molar-refractivity contribution in [1.29, 1.82) is 0 Å². The summed E-state index contributed by atoms with van der Waals surface area (Å²) in [6, 6.07) is 0. The molecule has 1 heterocycles. The molecule has 0 aliphatic carbocycles. The molecule has 1 unspecified atom stereocenters. The highest BCUT2D eigenvalue weighted by Gasteiger charge is 2.08. The molecule has 5 heteroatoms. The molecule has 1 aromatic rings. The number of carbonyl (C=O) groups excluding carboxylic acids is 1. The summed E-state index contributed by atoms with van der Waals surface area (Å²) in [6.45, 7) is 4.84. The lowest BCUT2D eigenvalue weighted by Gasteiger charge is -2.07. The van der Waals surface area contributed by atoms with Crippen molar-refractivity contribution in [3.63, 3.8) is 0 Å². The standard InChI is InChI=1S/C11H17BrN2OS/c1-8(6-12)4-3-5-13-11(15)10-7-14-9(2)16-10/h7-8H,3-6H2,1-2H3,(H,13,15). The molecule has 1 amide bonds. The van der Waals surface area contributed by atoms with Gasteiger partial charge in [-0.1, -0.05) is 22.9 Å². The Balaban J connectivity index is 2.21. The van der Waals surface area contributed by atoms with Crippen LogP contribution >= 0.6 is 27.3 Å². The van der Waals surface area contributed by atoms with Crippen LogP contribution < -0.4 is 5.32 Å². The summed E-state index contributed by atoms with van der Waals surface area (Å²) in [5.74, 6) is 0.666. The molecule has 0 fully saturated rings. The van der Waals surface area contributed by atoms with E-state index in [4.69, 9.17) is 0 Å². The molecule has 3 nitrogen and oxygen atoms in total. The average molecular weight is 305 g/mol. The summed E-state index contributed by atoms with van der Waals surface area (Å²) in [5.41, 5.74) is 0. The van der Waals surface area contributed by atoms with Gasteiger partial charge in [-0.3, -0.25) is 4.79 Å². The zero-order chi connectivity index (χ0) is 12.0. The number of hydrogen-bond donors (Lipinski definition) is 1. The van der Waals surface area contributed by atoms with E-state index < -0.39 is 0 Å². The lowest BCUT2D eigenvalue weighted by molar-refractivity contribution is 0.0956. The number of amides is 1. The SMILES string of the molecule is Cc1ncc(C(=O)NCCCC(C)CBr)s1. The topological polar surface area (TPSA) is 42.0 Å². The molecule has 16 heavy (non-hydrogen) atoms. The fourth-order valence-electron chi connectivity index (χ4n) is 1.28. The van der Waals surface area contributed by atoms with Crippen molar-refractivity contribution in [3.8, 4) is 0 Å². The maximum absolute atomic E-state index is 11.6. The third-order valence-electron chi connectivity index (χ3n) is 2.27. The molecule has 1 atom stereocenters. The number of hydrogen-bond acceptors (Lipinski definition) is 3. The summed E-state index contributed by atoms with van der Waals surface area (Å²) < 4.78 is 0. The van der Waals surface area contributed by atoms with Gasteiger partial charge in [0.25, 0.3) is 5.91 Å². The Bertz CT molecular complexity index is 340. The predicted octanol–water partition coefficient (Wildman–Crippen LogP) is 2.99. The normalized spacial score (nSPS) is 12.4. The maximum atomic E-state index is 11.6. The van der Waals surface area contributed by atoms with Gasteiger partial charge in [0.2, 0.25) is 0 Å². The third-order valence-corrected chi connectivity index (χ3v) is 4.28. The monoisotopic (exact) mass is 304 g/mol. The van der Waals surface area contributed by atoms with Crippen molar-refractivity contribution in [3.05, 3.63) is 16.1 Å². The van der Waals surface area contributed by atoms with E-state index in [-0.39, 0.29) is 5.91 Å². The highest BCUT2D eigenvalue weighted by atomic mass is 79.9. The van der Waals surface area contributed by atoms with Gasteiger partial charge < -0.3 is 5.32 Å². The van der Waals surface area contributed by atoms with Gasteiger partial charge in [-0.05, 0) is 25.7 Å². The van der Waals surface area contributed by atoms with Gasteiger partial charge in [-0.15, -0.1) is 11.3 Å². The van der Waals surface area contributed by atoms with Crippen molar-refractivity contribution in [2.75, 3.05) is 11.9 Å². The highest BCUT2D eigenvalue weighted by Crippen LogP contribution is 2.11. The van der Waals surface area contributed by atoms with E-state index in [0.29, 0.717) is 10.8 Å². The van der Waals surface area contributed by atoms with Crippen molar-refractivity contribution < 1.29 is 4.79 Å². The van der Waals surface area contributed by atoms with Crippen LogP contribution in [0.1, 0.15) is 34.4 Å². The van der Waals surface area contributed by atoms with Crippen LogP contribution in [0.25, 0.3) is 0 Å². The molecule has 1 N–H and O–H groups in total. The number of aromatic nitrogens is 1. The van der Waals surface area contributed by atoms with E-state index in [1.807, 2.05) is 6.92 Å². The van der Waals surface area contributed by atoms with Crippen molar-refractivity contribution in [2.45, 2.75) is 26.7 Å². The first kappa shape index (κ1) is 13.6. The number of nitrogens with zero attached hydrogens (tertiary/aromatic N) is 1. The molecular formula is C11H17BrN2OS. The molecule has 1 rings (SSSR count). The molecule has 0 aromatic carbocycles. The van der Waals surface area contributed by atoms with Crippen LogP contribution in [0.5, 0.6) is 0 Å². The molecule has 0 spiro atoms. The van der Waals surface area contributed by atoms with Gasteiger partial charge in [0, 0.05) is 11.9 Å². The van der Waals surface area contributed by atoms with Gasteiger partial charge >= 0.3 is 0 Å². The number of aryl methyl sites for hydroxylation is 1. The molecule has 0 aliphatic heterocycles. The molecule has 0 bridgehead atoms. The summed E-state index contributed by atoms with van der Waals surface area (Å²) in [7, 11) is 0. The number of rotatable bonds is 6. The Morgan fingerprint density at radius 2 is 2.44 bits per heavy atom. The molecule has 0 saturated carbocycles. The number of alkyl halides is 1. The van der Waals surface area contributed by atoms with E-state index in [9.17, 15) is 4.79 Å². The minimum absolute atomic E-state index is 0.00269. The van der Waals surface area contributed by atoms with Gasteiger partial charge in [-0.25, -0.2) is 4.98 Å². The smallest absolute Gasteiger partial charge is 0.263 e. The number of thiazole rings is 1. The van der Waals surface area contributed by atoms with Crippen molar-refractivity contribution in [1.82, 2.24) is 10.3 Å². The minimum atomic E-state index is -0.00269. The second kappa shape index (κ2) is 7.01. The highest BCUT2D eigenvalue weighted by molar-refractivity contribution is 9.09. The van der Waals surface area contributed by atoms with Gasteiger partial charge in [0.1, 0.15) is 4.88 Å². The fraction of sp³-hybridized carbons (Fsp3) is 0.636. The maximum Gasteiger partial charge on any atom is 0.263 e. The average Bonchev–Trinajstić information content (AvgIpc) is 2.70. The van der Waals surface area contributed by atoms with Crippen molar-refractivity contribution in [2.24, 2.45) is 5.92 Å². The van der Waals surface area contributed by atoms with Gasteiger partial charge in [-0.2, -0.15) is 0 Å². The minimum Gasteiger partial charge on any atom is -0.351 e. The van der Waals surface area contributed by atoms with Crippen LogP contribution in [0, 0.1) is 12.8 Å². The van der Waals surface area contributed by atoms with E-state index in [2.05, 4.69) is 33.2 Å². The number of halogens is 1. The molecular weight excluding hydrogens is 288 g/mol. The summed E-state index contributed by atoms with van der Waals surface area (Å²) in [5, 5.41) is 4.86. The second-order valence-corrected chi connectivity index (χ2v) is 5.78. The first-order chi connectivity index (χ1) is 7.63. The number of carbonyl (C=O) groups is 1. The van der Waals surface area contributed by atoms with Crippen LogP contribution in [0.3, 0.4) is 0 Å². The van der Waals surface area contributed by atoms with Crippen LogP contribution in [-0.2, 0) is 0 Å². The molecule has 0 aliphatic rings. The summed E-state index contributed by atoms with van der Waals surface area (Å²) in [4.78, 5) is 16.4. The van der Waals surface area contributed by atoms with Gasteiger partial charge in [0.05, 0.1) is 11.2 Å². The molecule has 1 aromatic heterocycles. The van der Waals surface area contributed by atoms with Crippen LogP contribution in [0.15, 0.2) is 6.20 Å². The van der Waals surface area contributed by atoms with E-state index in [1.54, 1.807) is 6.20 Å². The Hall–Kier alpha value is -0.420. The first-order valence-corrected chi connectivity index (χ1v) is 7.34. The number of nitrogens with one attached hydrogen (secondary N) is 1. The quantitative estimate of drug-likeness (QED) is 0.648. The van der Waals surface area contributed by atoms with Crippen LogP contribution in [0.2, 0.25) is 0 Å². The molecule has 90 valence electrons. The van der Waals surface area contributed by atoms with Crippen LogP contribution in [-0.4, -0.2) is 22.8 Å². The van der Waals surface area contributed by atoms with E-state index in [1.165, 1.54) is 11.3 Å². The summed E-state index contributed by atoms with van der Waals surface area (Å²) >= 11 is 4.88. The Labute approximate surface area is 109 Å². The lowest BCUT2D eigenvalue weighted by atomic mass is 10.1. The second-order valence-electron chi connectivity index (χ2n) is 3.90. The zero-order valence-electron chi connectivity index (χ0n) is 9.62. The van der Waals surface area contributed by atoms with Crippen LogP contribution in [0.4, 0.5) is 0 Å². The third kappa shape index (κ3) is 4.61. The van der Waals surface area contributed by atoms with Crippen molar-refractivity contribution >= 4 is 33.2 Å². The van der Waals surface area contributed by atoms with E-state index in [0.717, 1.165) is 29.7 Å². The largest absolute Gasteiger partial charge is 0.351 e. The Morgan fingerprint density at radius 1 is 1.69 bits per heavy atom. The predicted molar refractivity (Wildman–Crippen MR) is 71.4 cm³/mol. The van der Waals surface area contributed by atoms with Gasteiger partial charge in [0.15, 0.2) is 0 Å². The first-order valence-electron chi connectivity index (χ1n) is 5.40. The molecule has 0 radical (unpaired) electrons. The van der Waals surface area contributed by atoms with E-state index >= 15 is 0 Å². The molecule has 0 saturated heterocycles. The fourth-order valence-corrected chi connectivity index (χ4v) is 2.30. The zero-order valence-corrected chi connectivity index (χ0v) is 12.0. The summed E-state index contributed by atoms with van der Waals surface area (Å²) in [6.07, 6.45) is 3.79. The Kier molecular flexibility index (Phi) is 5.98. The Morgan fingerprint density at radius 3 is 3.00 bits per heavy atom.